The van der Waals surface area contributed by atoms with E-state index in [0.29, 0.717) is 0 Å². The summed E-state index contributed by atoms with van der Waals surface area (Å²) in [4.78, 5) is 0. The molecule has 0 fully saturated rings. The van der Waals surface area contributed by atoms with Gasteiger partial charge in [-0.1, -0.05) is 58.2 Å². The molecule has 1 atom stereocenters. The van der Waals surface area contributed by atoms with Gasteiger partial charge >= 0.3 is 0 Å². The van der Waals surface area contributed by atoms with Crippen molar-refractivity contribution >= 4 is 39.1 Å². The average Bonchev–Trinajstić information content (AvgIpc) is 2.43. The number of rotatable bonds is 5. The largest absolute Gasteiger partial charge is 0.310 e. The molecule has 0 aliphatic carbocycles. The standard InChI is InChI=1S/C16H16BrCl2N/c1-2-20-16(11-3-5-13(17)6-4-11)10-12-9-14(18)7-8-15(12)19/h3-9,16,20H,2,10H2,1H3. The van der Waals surface area contributed by atoms with Gasteiger partial charge in [-0.2, -0.15) is 0 Å². The van der Waals surface area contributed by atoms with Gasteiger partial charge in [-0.05, 0) is 54.4 Å². The second kappa shape index (κ2) is 7.46. The summed E-state index contributed by atoms with van der Waals surface area (Å²) in [6.07, 6.45) is 0.814. The Labute approximate surface area is 138 Å². The van der Waals surface area contributed by atoms with E-state index in [1.165, 1.54) is 5.56 Å². The highest BCUT2D eigenvalue weighted by Gasteiger charge is 2.13. The molecular formula is C16H16BrCl2N. The van der Waals surface area contributed by atoms with Crippen molar-refractivity contribution < 1.29 is 0 Å². The van der Waals surface area contributed by atoms with E-state index in [4.69, 9.17) is 23.2 Å². The van der Waals surface area contributed by atoms with Crippen LogP contribution in [0.15, 0.2) is 46.9 Å². The van der Waals surface area contributed by atoms with Crippen LogP contribution < -0.4 is 5.32 Å². The summed E-state index contributed by atoms with van der Waals surface area (Å²) in [6, 6.07) is 14.2. The lowest BCUT2D eigenvalue weighted by Gasteiger charge is -2.19. The third-order valence-corrected chi connectivity index (χ3v) is 4.29. The first-order chi connectivity index (χ1) is 9.60. The molecule has 2 rings (SSSR count). The highest BCUT2D eigenvalue weighted by molar-refractivity contribution is 9.10. The van der Waals surface area contributed by atoms with Crippen molar-refractivity contribution in [1.82, 2.24) is 5.32 Å². The lowest BCUT2D eigenvalue weighted by molar-refractivity contribution is 0.550. The lowest BCUT2D eigenvalue weighted by Crippen LogP contribution is -2.23. The predicted octanol–water partition coefficient (Wildman–Crippen LogP) is 5.65. The first-order valence-electron chi connectivity index (χ1n) is 6.53. The van der Waals surface area contributed by atoms with E-state index in [0.717, 1.165) is 33.0 Å². The molecule has 1 N–H and O–H groups in total. The molecule has 0 spiro atoms. The van der Waals surface area contributed by atoms with Crippen LogP contribution in [0.5, 0.6) is 0 Å². The number of halogens is 3. The maximum atomic E-state index is 6.26. The summed E-state index contributed by atoms with van der Waals surface area (Å²) in [5.41, 5.74) is 2.30. The predicted molar refractivity (Wildman–Crippen MR) is 90.7 cm³/mol. The van der Waals surface area contributed by atoms with Gasteiger partial charge in [0.25, 0.3) is 0 Å². The third kappa shape index (κ3) is 4.23. The molecule has 2 aromatic rings. The molecule has 1 nitrogen and oxygen atoms in total. The van der Waals surface area contributed by atoms with Crippen LogP contribution in [0.4, 0.5) is 0 Å². The fourth-order valence-corrected chi connectivity index (χ4v) is 2.82. The number of hydrogen-bond donors (Lipinski definition) is 1. The second-order valence-corrected chi connectivity index (χ2v) is 6.36. The molecule has 0 aliphatic rings. The zero-order valence-corrected chi connectivity index (χ0v) is 14.3. The first kappa shape index (κ1) is 15.8. The molecule has 0 aliphatic heterocycles. The lowest BCUT2D eigenvalue weighted by atomic mass is 9.99. The van der Waals surface area contributed by atoms with Gasteiger partial charge in [0.15, 0.2) is 0 Å². The molecule has 0 amide bonds. The Morgan fingerprint density at radius 2 is 1.80 bits per heavy atom. The van der Waals surface area contributed by atoms with E-state index < -0.39 is 0 Å². The molecule has 0 heterocycles. The first-order valence-corrected chi connectivity index (χ1v) is 8.08. The smallest absolute Gasteiger partial charge is 0.0439 e. The van der Waals surface area contributed by atoms with Crippen molar-refractivity contribution in [3.63, 3.8) is 0 Å². The average molecular weight is 373 g/mol. The molecule has 106 valence electrons. The van der Waals surface area contributed by atoms with Crippen LogP contribution in [0.2, 0.25) is 10.0 Å². The van der Waals surface area contributed by atoms with Crippen molar-refractivity contribution in [1.29, 1.82) is 0 Å². The molecule has 0 bridgehead atoms. The zero-order chi connectivity index (χ0) is 14.5. The van der Waals surface area contributed by atoms with Gasteiger partial charge in [-0.15, -0.1) is 0 Å². The molecule has 0 saturated carbocycles. The summed E-state index contributed by atoms with van der Waals surface area (Å²) in [5.74, 6) is 0. The Morgan fingerprint density at radius 1 is 1.10 bits per heavy atom. The highest BCUT2D eigenvalue weighted by atomic mass is 79.9. The summed E-state index contributed by atoms with van der Waals surface area (Å²) >= 11 is 15.8. The molecule has 0 aromatic heterocycles. The summed E-state index contributed by atoms with van der Waals surface area (Å²) in [6.45, 7) is 3.00. The maximum absolute atomic E-state index is 6.26. The quantitative estimate of drug-likeness (QED) is 0.714. The van der Waals surface area contributed by atoms with Crippen LogP contribution in [0.3, 0.4) is 0 Å². The van der Waals surface area contributed by atoms with Crippen LogP contribution >= 0.6 is 39.1 Å². The summed E-state index contributed by atoms with van der Waals surface area (Å²) in [5, 5.41) is 4.97. The molecule has 0 saturated heterocycles. The normalized spacial score (nSPS) is 12.4. The summed E-state index contributed by atoms with van der Waals surface area (Å²) in [7, 11) is 0. The zero-order valence-electron chi connectivity index (χ0n) is 11.2. The Balaban J connectivity index is 2.25. The van der Waals surface area contributed by atoms with Crippen LogP contribution in [-0.4, -0.2) is 6.54 Å². The Kier molecular flexibility index (Phi) is 5.91. The van der Waals surface area contributed by atoms with E-state index >= 15 is 0 Å². The Morgan fingerprint density at radius 3 is 2.45 bits per heavy atom. The fraction of sp³-hybridized carbons (Fsp3) is 0.250. The van der Waals surface area contributed by atoms with Gasteiger partial charge < -0.3 is 5.32 Å². The van der Waals surface area contributed by atoms with Crippen molar-refractivity contribution in [2.75, 3.05) is 6.54 Å². The van der Waals surface area contributed by atoms with Gasteiger partial charge in [0.1, 0.15) is 0 Å². The van der Waals surface area contributed by atoms with Gasteiger partial charge in [0.05, 0.1) is 0 Å². The fourth-order valence-electron chi connectivity index (χ4n) is 2.17. The molecule has 2 aromatic carbocycles. The van der Waals surface area contributed by atoms with Gasteiger partial charge in [0.2, 0.25) is 0 Å². The number of hydrogen-bond acceptors (Lipinski definition) is 1. The topological polar surface area (TPSA) is 12.0 Å². The molecule has 0 radical (unpaired) electrons. The van der Waals surface area contributed by atoms with Crippen LogP contribution in [0, 0.1) is 0 Å². The molecular weight excluding hydrogens is 357 g/mol. The van der Waals surface area contributed by atoms with E-state index in [9.17, 15) is 0 Å². The number of nitrogens with one attached hydrogen (secondary N) is 1. The minimum atomic E-state index is 0.226. The van der Waals surface area contributed by atoms with E-state index in [1.54, 1.807) is 0 Å². The third-order valence-electron chi connectivity index (χ3n) is 3.15. The van der Waals surface area contributed by atoms with Gasteiger partial charge in [-0.3, -0.25) is 0 Å². The Hall–Kier alpha value is -0.540. The van der Waals surface area contributed by atoms with Crippen molar-refractivity contribution in [3.8, 4) is 0 Å². The monoisotopic (exact) mass is 371 g/mol. The number of benzene rings is 2. The van der Waals surface area contributed by atoms with Crippen molar-refractivity contribution in [2.45, 2.75) is 19.4 Å². The molecule has 1 unspecified atom stereocenters. The van der Waals surface area contributed by atoms with Crippen LogP contribution in [-0.2, 0) is 6.42 Å². The minimum Gasteiger partial charge on any atom is -0.310 e. The van der Waals surface area contributed by atoms with E-state index in [-0.39, 0.29) is 6.04 Å². The second-order valence-electron chi connectivity index (χ2n) is 4.60. The minimum absolute atomic E-state index is 0.226. The number of likely N-dealkylation sites (N-methyl/N-ethyl adjacent to an activating group) is 1. The molecule has 20 heavy (non-hydrogen) atoms. The van der Waals surface area contributed by atoms with Gasteiger partial charge in [0, 0.05) is 20.6 Å². The summed E-state index contributed by atoms with van der Waals surface area (Å²) < 4.78 is 1.08. The van der Waals surface area contributed by atoms with Crippen molar-refractivity contribution in [3.05, 3.63) is 68.1 Å². The van der Waals surface area contributed by atoms with E-state index in [2.05, 4.69) is 52.4 Å². The van der Waals surface area contributed by atoms with Gasteiger partial charge in [-0.25, -0.2) is 0 Å². The Bertz CT molecular complexity index is 569. The maximum Gasteiger partial charge on any atom is 0.0439 e. The highest BCUT2D eigenvalue weighted by Crippen LogP contribution is 2.27. The SMILES string of the molecule is CCNC(Cc1cc(Cl)ccc1Cl)c1ccc(Br)cc1. The molecule has 4 heteroatoms. The van der Waals surface area contributed by atoms with Crippen LogP contribution in [0.1, 0.15) is 24.1 Å². The van der Waals surface area contributed by atoms with Crippen molar-refractivity contribution in [2.24, 2.45) is 0 Å². The van der Waals surface area contributed by atoms with Crippen LogP contribution in [0.25, 0.3) is 0 Å². The van der Waals surface area contributed by atoms with E-state index in [1.807, 2.05) is 18.2 Å².